The Labute approximate surface area is 152 Å². The van der Waals surface area contributed by atoms with Gasteiger partial charge in [-0.3, -0.25) is 9.36 Å². The smallest absolute Gasteiger partial charge is 0.408 e. The molecular formula is C17H11Cl2N3O3. The number of fused-ring (bicyclic) bond motifs is 1. The molecule has 0 aliphatic heterocycles. The van der Waals surface area contributed by atoms with Gasteiger partial charge < -0.3 is 9.73 Å². The fourth-order valence-corrected chi connectivity index (χ4v) is 2.76. The number of aryl methyl sites for hydroxylation is 1. The number of rotatable bonds is 4. The van der Waals surface area contributed by atoms with Crippen LogP contribution in [-0.2, 0) is 11.3 Å². The Bertz CT molecular complexity index is 1060. The van der Waals surface area contributed by atoms with Crippen molar-refractivity contribution in [1.82, 2.24) is 4.57 Å². The highest BCUT2D eigenvalue weighted by molar-refractivity contribution is 6.32. The van der Waals surface area contributed by atoms with Crippen LogP contribution in [0.5, 0.6) is 0 Å². The van der Waals surface area contributed by atoms with Crippen LogP contribution in [0.1, 0.15) is 12.0 Å². The number of nitrogens with one attached hydrogen (secondary N) is 1. The van der Waals surface area contributed by atoms with E-state index in [-0.39, 0.29) is 23.9 Å². The van der Waals surface area contributed by atoms with E-state index in [1.807, 2.05) is 6.07 Å². The molecule has 0 spiro atoms. The van der Waals surface area contributed by atoms with Crippen molar-refractivity contribution in [3.05, 3.63) is 62.6 Å². The molecule has 0 bridgehead atoms. The molecule has 3 aromatic rings. The Morgan fingerprint density at radius 2 is 2.04 bits per heavy atom. The van der Waals surface area contributed by atoms with Gasteiger partial charge in [-0.2, -0.15) is 5.26 Å². The van der Waals surface area contributed by atoms with Crippen LogP contribution in [0.15, 0.2) is 45.6 Å². The molecular weight excluding hydrogens is 365 g/mol. The van der Waals surface area contributed by atoms with Crippen LogP contribution in [0.25, 0.3) is 11.1 Å². The minimum Gasteiger partial charge on any atom is -0.408 e. The van der Waals surface area contributed by atoms with Gasteiger partial charge in [-0.15, -0.1) is 0 Å². The number of oxazole rings is 1. The van der Waals surface area contributed by atoms with Crippen LogP contribution >= 0.6 is 23.2 Å². The lowest BCUT2D eigenvalue weighted by Crippen LogP contribution is -2.19. The Morgan fingerprint density at radius 3 is 2.76 bits per heavy atom. The summed E-state index contributed by atoms with van der Waals surface area (Å²) < 4.78 is 6.49. The Balaban J connectivity index is 1.71. The van der Waals surface area contributed by atoms with Gasteiger partial charge in [0, 0.05) is 29.7 Å². The van der Waals surface area contributed by atoms with Crippen LogP contribution in [0.2, 0.25) is 10.0 Å². The average Bonchev–Trinajstić information content (AvgIpc) is 2.87. The molecule has 25 heavy (non-hydrogen) atoms. The molecule has 126 valence electrons. The Morgan fingerprint density at radius 1 is 1.24 bits per heavy atom. The van der Waals surface area contributed by atoms with Crippen LogP contribution < -0.4 is 11.1 Å². The van der Waals surface area contributed by atoms with Crippen LogP contribution in [0.3, 0.4) is 0 Å². The van der Waals surface area contributed by atoms with E-state index in [4.69, 9.17) is 32.9 Å². The minimum atomic E-state index is -0.550. The van der Waals surface area contributed by atoms with Gasteiger partial charge in [-0.05, 0) is 30.3 Å². The van der Waals surface area contributed by atoms with Crippen LogP contribution in [-0.4, -0.2) is 10.5 Å². The molecule has 8 heteroatoms. The summed E-state index contributed by atoms with van der Waals surface area (Å²) in [6, 6.07) is 11.4. The monoisotopic (exact) mass is 375 g/mol. The number of anilines is 1. The van der Waals surface area contributed by atoms with Crippen molar-refractivity contribution in [1.29, 1.82) is 5.26 Å². The number of amides is 1. The number of carbonyl (C=O) groups excluding carboxylic acids is 1. The molecule has 0 atom stereocenters. The molecule has 1 N–H and O–H groups in total. The predicted molar refractivity (Wildman–Crippen MR) is 94.9 cm³/mol. The number of carbonyl (C=O) groups is 1. The number of aromatic nitrogens is 1. The first-order valence-electron chi connectivity index (χ1n) is 7.26. The fourth-order valence-electron chi connectivity index (χ4n) is 2.37. The summed E-state index contributed by atoms with van der Waals surface area (Å²) in [5, 5.41) is 12.2. The van der Waals surface area contributed by atoms with E-state index in [0.29, 0.717) is 27.4 Å². The second-order valence-corrected chi connectivity index (χ2v) is 6.08. The third-order valence-corrected chi connectivity index (χ3v) is 4.11. The molecule has 0 saturated heterocycles. The Kier molecular flexibility index (Phi) is 4.79. The van der Waals surface area contributed by atoms with Gasteiger partial charge in [0.25, 0.3) is 0 Å². The van der Waals surface area contributed by atoms with E-state index >= 15 is 0 Å². The lowest BCUT2D eigenvalue weighted by atomic mass is 10.2. The van der Waals surface area contributed by atoms with Crippen LogP contribution in [0.4, 0.5) is 5.69 Å². The van der Waals surface area contributed by atoms with E-state index in [0.717, 1.165) is 0 Å². The van der Waals surface area contributed by atoms with Crippen molar-refractivity contribution in [2.75, 3.05) is 5.32 Å². The van der Waals surface area contributed by atoms with Gasteiger partial charge in [0.2, 0.25) is 5.91 Å². The largest absolute Gasteiger partial charge is 0.419 e. The number of hydrogen-bond donors (Lipinski definition) is 1. The van der Waals surface area contributed by atoms with Gasteiger partial charge >= 0.3 is 5.76 Å². The Hall–Kier alpha value is -2.75. The molecule has 0 aliphatic rings. The number of nitrogens with zero attached hydrogens (tertiary/aromatic N) is 2. The topological polar surface area (TPSA) is 88.0 Å². The third-order valence-electron chi connectivity index (χ3n) is 3.57. The van der Waals surface area contributed by atoms with Crippen molar-refractivity contribution >= 4 is 45.9 Å². The summed E-state index contributed by atoms with van der Waals surface area (Å²) in [7, 11) is 0. The highest BCUT2D eigenvalue weighted by atomic mass is 35.5. The van der Waals surface area contributed by atoms with Crippen molar-refractivity contribution in [3.63, 3.8) is 0 Å². The molecule has 6 nitrogen and oxygen atoms in total. The molecule has 3 rings (SSSR count). The number of hydrogen-bond acceptors (Lipinski definition) is 4. The quantitative estimate of drug-likeness (QED) is 0.750. The normalized spacial score (nSPS) is 10.6. The van der Waals surface area contributed by atoms with E-state index < -0.39 is 5.76 Å². The van der Waals surface area contributed by atoms with Crippen molar-refractivity contribution in [2.45, 2.75) is 13.0 Å². The van der Waals surface area contributed by atoms with E-state index in [1.54, 1.807) is 24.3 Å². The average molecular weight is 376 g/mol. The summed E-state index contributed by atoms with van der Waals surface area (Å²) in [4.78, 5) is 24.0. The highest BCUT2D eigenvalue weighted by Crippen LogP contribution is 2.21. The molecule has 1 heterocycles. The molecule has 0 saturated carbocycles. The maximum atomic E-state index is 12.1. The molecule has 0 radical (unpaired) electrons. The van der Waals surface area contributed by atoms with Gasteiger partial charge in [-0.1, -0.05) is 23.2 Å². The SMILES string of the molecule is N#Cc1ccc(NC(=O)CCn2c(=O)oc3cc(Cl)ccc32)cc1Cl. The summed E-state index contributed by atoms with van der Waals surface area (Å²) >= 11 is 11.8. The third kappa shape index (κ3) is 3.68. The highest BCUT2D eigenvalue weighted by Gasteiger charge is 2.12. The summed E-state index contributed by atoms with van der Waals surface area (Å²) in [5.41, 5.74) is 1.75. The maximum Gasteiger partial charge on any atom is 0.419 e. The maximum absolute atomic E-state index is 12.1. The second kappa shape index (κ2) is 7.01. The van der Waals surface area contributed by atoms with E-state index in [2.05, 4.69) is 5.32 Å². The fraction of sp³-hybridized carbons (Fsp3) is 0.118. The number of benzene rings is 2. The first kappa shape index (κ1) is 17.1. The lowest BCUT2D eigenvalue weighted by Gasteiger charge is -2.06. The zero-order valence-corrected chi connectivity index (χ0v) is 14.3. The standard InChI is InChI=1S/C17H11Cl2N3O3/c18-11-2-4-14-15(7-11)25-17(24)22(14)6-5-16(23)21-12-3-1-10(9-20)13(19)8-12/h1-4,7-8H,5-6H2,(H,21,23). The molecule has 0 fully saturated rings. The summed E-state index contributed by atoms with van der Waals surface area (Å²) in [5.74, 6) is -0.845. The molecule has 0 unspecified atom stereocenters. The number of halogens is 2. The first-order chi connectivity index (χ1) is 12.0. The zero-order chi connectivity index (χ0) is 18.0. The van der Waals surface area contributed by atoms with Crippen LogP contribution in [0, 0.1) is 11.3 Å². The summed E-state index contributed by atoms with van der Waals surface area (Å²) in [6.45, 7) is 0.156. The predicted octanol–water partition coefficient (Wildman–Crippen LogP) is 3.80. The van der Waals surface area contributed by atoms with Gasteiger partial charge in [-0.25, -0.2) is 4.79 Å². The molecule has 1 aromatic heterocycles. The first-order valence-corrected chi connectivity index (χ1v) is 8.02. The van der Waals surface area contributed by atoms with Crippen molar-refractivity contribution in [3.8, 4) is 6.07 Å². The lowest BCUT2D eigenvalue weighted by molar-refractivity contribution is -0.116. The van der Waals surface area contributed by atoms with Crippen molar-refractivity contribution < 1.29 is 9.21 Å². The molecule has 1 amide bonds. The van der Waals surface area contributed by atoms with Gasteiger partial charge in [0.05, 0.1) is 16.1 Å². The summed E-state index contributed by atoms with van der Waals surface area (Å²) in [6.07, 6.45) is 0.0643. The van der Waals surface area contributed by atoms with Gasteiger partial charge in [0.1, 0.15) is 6.07 Å². The van der Waals surface area contributed by atoms with E-state index in [1.165, 1.54) is 16.7 Å². The molecule has 2 aromatic carbocycles. The number of nitriles is 1. The molecule has 0 aliphatic carbocycles. The van der Waals surface area contributed by atoms with E-state index in [9.17, 15) is 9.59 Å². The van der Waals surface area contributed by atoms with Crippen molar-refractivity contribution in [2.24, 2.45) is 0 Å². The minimum absolute atomic E-state index is 0.0643. The zero-order valence-electron chi connectivity index (χ0n) is 12.8. The van der Waals surface area contributed by atoms with Gasteiger partial charge in [0.15, 0.2) is 5.58 Å². The second-order valence-electron chi connectivity index (χ2n) is 5.24.